The van der Waals surface area contributed by atoms with Crippen molar-refractivity contribution < 1.29 is 4.74 Å². The first-order chi connectivity index (χ1) is 11.3. The molecule has 4 rings (SSSR count). The van der Waals surface area contributed by atoms with Crippen LogP contribution in [0.4, 0.5) is 0 Å². The summed E-state index contributed by atoms with van der Waals surface area (Å²) in [6, 6.07) is 7.64. The molecule has 6 nitrogen and oxygen atoms in total. The third kappa shape index (κ3) is 2.31. The van der Waals surface area contributed by atoms with Gasteiger partial charge in [0.15, 0.2) is 5.52 Å². The van der Waals surface area contributed by atoms with Crippen LogP contribution in [-0.4, -0.2) is 33.2 Å². The molecule has 0 amide bonds. The first-order valence-corrected chi connectivity index (χ1v) is 7.59. The highest BCUT2D eigenvalue weighted by molar-refractivity contribution is 5.78. The summed E-state index contributed by atoms with van der Waals surface area (Å²) >= 11 is 0. The molecule has 3 aromatic rings. The monoisotopic (exact) mass is 308 g/mol. The summed E-state index contributed by atoms with van der Waals surface area (Å²) in [7, 11) is 1.65. The predicted molar refractivity (Wildman–Crippen MR) is 86.3 cm³/mol. The van der Waals surface area contributed by atoms with Gasteiger partial charge in [-0.3, -0.25) is 14.3 Å². The van der Waals surface area contributed by atoms with E-state index in [0.717, 1.165) is 29.9 Å². The van der Waals surface area contributed by atoms with Gasteiger partial charge in [0.1, 0.15) is 5.82 Å². The summed E-state index contributed by atoms with van der Waals surface area (Å²) in [6.07, 6.45) is 5.08. The molecule has 0 bridgehead atoms. The molecule has 0 aromatic carbocycles. The zero-order valence-electron chi connectivity index (χ0n) is 12.8. The third-order valence-electron chi connectivity index (χ3n) is 4.20. The van der Waals surface area contributed by atoms with Crippen molar-refractivity contribution in [3.8, 4) is 11.3 Å². The van der Waals surface area contributed by atoms with Gasteiger partial charge in [0.05, 0.1) is 23.9 Å². The Morgan fingerprint density at radius 1 is 1.35 bits per heavy atom. The predicted octanol–water partition coefficient (Wildman–Crippen LogP) is 1.99. The Morgan fingerprint density at radius 2 is 2.26 bits per heavy atom. The summed E-state index contributed by atoms with van der Waals surface area (Å²) in [5.41, 5.74) is 2.62. The van der Waals surface area contributed by atoms with Crippen molar-refractivity contribution >= 4 is 11.0 Å². The van der Waals surface area contributed by atoms with Gasteiger partial charge < -0.3 is 4.74 Å². The maximum Gasteiger partial charge on any atom is 0.280 e. The van der Waals surface area contributed by atoms with Crippen molar-refractivity contribution in [1.82, 2.24) is 19.5 Å². The van der Waals surface area contributed by atoms with Gasteiger partial charge in [-0.25, -0.2) is 9.97 Å². The number of fused-ring (bicyclic) bond motifs is 2. The molecule has 4 heterocycles. The molecule has 0 saturated carbocycles. The van der Waals surface area contributed by atoms with Crippen LogP contribution in [0.5, 0.6) is 0 Å². The number of nitrogens with zero attached hydrogens (tertiary/aromatic N) is 4. The van der Waals surface area contributed by atoms with E-state index in [1.165, 1.54) is 0 Å². The minimum Gasteiger partial charge on any atom is -0.383 e. The van der Waals surface area contributed by atoms with Crippen LogP contribution in [0.2, 0.25) is 0 Å². The fraction of sp³-hybridized carbons (Fsp3) is 0.294. The third-order valence-corrected chi connectivity index (χ3v) is 4.20. The summed E-state index contributed by atoms with van der Waals surface area (Å²) in [5.74, 6) is 0.810. The van der Waals surface area contributed by atoms with Crippen molar-refractivity contribution in [3.63, 3.8) is 0 Å². The molecular weight excluding hydrogens is 292 g/mol. The average Bonchev–Trinajstić information content (AvgIpc) is 2.99. The summed E-state index contributed by atoms with van der Waals surface area (Å²) in [6.45, 7) is 0.520. The summed E-state index contributed by atoms with van der Waals surface area (Å²) in [4.78, 5) is 26.1. The van der Waals surface area contributed by atoms with Gasteiger partial charge in [-0.15, -0.1) is 0 Å². The SMILES string of the molecule is COCC1CCc2nc3cc(-c4ccccn4)cnc3c(=O)n21. The number of aryl methyl sites for hydroxylation is 1. The van der Waals surface area contributed by atoms with Crippen LogP contribution in [0, 0.1) is 0 Å². The van der Waals surface area contributed by atoms with E-state index in [0.29, 0.717) is 17.6 Å². The Morgan fingerprint density at radius 3 is 3.04 bits per heavy atom. The Hall–Kier alpha value is -2.60. The number of rotatable bonds is 3. The largest absolute Gasteiger partial charge is 0.383 e. The van der Waals surface area contributed by atoms with Gasteiger partial charge >= 0.3 is 0 Å². The lowest BCUT2D eigenvalue weighted by Crippen LogP contribution is -2.27. The molecular formula is C17H16N4O2. The van der Waals surface area contributed by atoms with Crippen molar-refractivity contribution in [2.75, 3.05) is 13.7 Å². The molecule has 1 aliphatic rings. The second-order valence-corrected chi connectivity index (χ2v) is 5.66. The number of ether oxygens (including phenoxy) is 1. The van der Waals surface area contributed by atoms with Gasteiger partial charge in [-0.05, 0) is 24.6 Å². The van der Waals surface area contributed by atoms with Crippen LogP contribution in [0.1, 0.15) is 18.3 Å². The molecule has 0 aliphatic carbocycles. The fourth-order valence-corrected chi connectivity index (χ4v) is 3.13. The summed E-state index contributed by atoms with van der Waals surface area (Å²) in [5, 5.41) is 0. The van der Waals surface area contributed by atoms with Gasteiger partial charge in [0.2, 0.25) is 0 Å². The second-order valence-electron chi connectivity index (χ2n) is 5.66. The van der Waals surface area contributed by atoms with Crippen LogP contribution < -0.4 is 5.56 Å². The minimum absolute atomic E-state index is 0.0525. The van der Waals surface area contributed by atoms with E-state index in [4.69, 9.17) is 4.74 Å². The first-order valence-electron chi connectivity index (χ1n) is 7.59. The fourth-order valence-electron chi connectivity index (χ4n) is 3.13. The standard InChI is InChI=1S/C17H16N4O2/c1-23-10-12-5-6-15-20-14-8-11(13-4-2-3-7-18-13)9-19-16(14)17(22)21(12)15/h2-4,7-9,12H,5-6,10H2,1H3. The van der Waals surface area contributed by atoms with E-state index in [2.05, 4.69) is 15.0 Å². The van der Waals surface area contributed by atoms with Gasteiger partial charge in [0, 0.05) is 31.5 Å². The van der Waals surface area contributed by atoms with Crippen LogP contribution >= 0.6 is 0 Å². The molecule has 23 heavy (non-hydrogen) atoms. The van der Waals surface area contributed by atoms with Crippen molar-refractivity contribution in [2.24, 2.45) is 0 Å². The van der Waals surface area contributed by atoms with Gasteiger partial charge in [-0.2, -0.15) is 0 Å². The Kier molecular flexibility index (Phi) is 3.38. The van der Waals surface area contributed by atoms with E-state index in [9.17, 15) is 4.79 Å². The number of aromatic nitrogens is 4. The lowest BCUT2D eigenvalue weighted by atomic mass is 10.2. The maximum absolute atomic E-state index is 12.7. The van der Waals surface area contributed by atoms with Crippen LogP contribution in [-0.2, 0) is 11.2 Å². The molecule has 0 fully saturated rings. The number of pyridine rings is 2. The van der Waals surface area contributed by atoms with E-state index in [1.807, 2.05) is 24.3 Å². The maximum atomic E-state index is 12.7. The molecule has 0 spiro atoms. The van der Waals surface area contributed by atoms with Gasteiger partial charge in [-0.1, -0.05) is 6.07 Å². The molecule has 0 radical (unpaired) electrons. The smallest absolute Gasteiger partial charge is 0.280 e. The Balaban J connectivity index is 1.87. The van der Waals surface area contributed by atoms with Crippen molar-refractivity contribution in [2.45, 2.75) is 18.9 Å². The highest BCUT2D eigenvalue weighted by Gasteiger charge is 2.26. The lowest BCUT2D eigenvalue weighted by molar-refractivity contribution is 0.157. The molecule has 3 aromatic heterocycles. The van der Waals surface area contributed by atoms with Crippen molar-refractivity contribution in [3.05, 3.63) is 52.8 Å². The zero-order valence-corrected chi connectivity index (χ0v) is 12.8. The normalized spacial score (nSPS) is 16.7. The highest BCUT2D eigenvalue weighted by Crippen LogP contribution is 2.25. The Labute approximate surface area is 132 Å². The molecule has 1 atom stereocenters. The zero-order chi connectivity index (χ0) is 15.8. The molecule has 1 unspecified atom stereocenters. The molecule has 6 heteroatoms. The average molecular weight is 308 g/mol. The van der Waals surface area contributed by atoms with E-state index in [1.54, 1.807) is 24.1 Å². The van der Waals surface area contributed by atoms with Crippen LogP contribution in [0.15, 0.2) is 41.5 Å². The van der Waals surface area contributed by atoms with Gasteiger partial charge in [0.25, 0.3) is 5.56 Å². The highest BCUT2D eigenvalue weighted by atomic mass is 16.5. The molecule has 0 saturated heterocycles. The minimum atomic E-state index is -0.0860. The molecule has 1 aliphatic heterocycles. The van der Waals surface area contributed by atoms with Crippen molar-refractivity contribution in [1.29, 1.82) is 0 Å². The first kappa shape index (κ1) is 14.0. The second kappa shape index (κ2) is 5.55. The number of methoxy groups -OCH3 is 1. The van der Waals surface area contributed by atoms with E-state index in [-0.39, 0.29) is 11.6 Å². The lowest BCUT2D eigenvalue weighted by Gasteiger charge is -2.13. The quantitative estimate of drug-likeness (QED) is 0.740. The molecule has 116 valence electrons. The van der Waals surface area contributed by atoms with E-state index >= 15 is 0 Å². The van der Waals surface area contributed by atoms with Crippen LogP contribution in [0.3, 0.4) is 0 Å². The number of hydrogen-bond acceptors (Lipinski definition) is 5. The van der Waals surface area contributed by atoms with E-state index < -0.39 is 0 Å². The molecule has 0 N–H and O–H groups in total. The summed E-state index contributed by atoms with van der Waals surface area (Å²) < 4.78 is 6.95. The topological polar surface area (TPSA) is 69.9 Å². The van der Waals surface area contributed by atoms with Crippen LogP contribution in [0.25, 0.3) is 22.3 Å². The number of hydrogen-bond donors (Lipinski definition) is 0. The Bertz CT molecular complexity index is 921.